The summed E-state index contributed by atoms with van der Waals surface area (Å²) in [6.45, 7) is 1.73. The van der Waals surface area contributed by atoms with E-state index in [1.54, 1.807) is 0 Å². The minimum Gasteiger partial charge on any atom is -0.258 e. The van der Waals surface area contributed by atoms with E-state index in [9.17, 15) is 18.5 Å². The number of hydrogen-bond donors (Lipinski definition) is 1. The standard InChI is InChI=1S/C13H16N2O4S/c1-3-4-5-6-10-14-20(18,19)13-11(2)8-7-9-12(13)15(16)17/h1,7-9,14H,4-6,10H2,2H3. The van der Waals surface area contributed by atoms with Crippen molar-refractivity contribution >= 4 is 15.7 Å². The molecule has 0 atom stereocenters. The summed E-state index contributed by atoms with van der Waals surface area (Å²) in [5.41, 5.74) is -0.0727. The van der Waals surface area contributed by atoms with E-state index in [1.807, 2.05) is 0 Å². The topological polar surface area (TPSA) is 89.3 Å². The fourth-order valence-corrected chi connectivity index (χ4v) is 3.23. The molecule has 1 aromatic carbocycles. The van der Waals surface area contributed by atoms with E-state index in [0.717, 1.165) is 0 Å². The van der Waals surface area contributed by atoms with Crippen LogP contribution in [0.3, 0.4) is 0 Å². The van der Waals surface area contributed by atoms with Crippen LogP contribution in [0.5, 0.6) is 0 Å². The number of aryl methyl sites for hydroxylation is 1. The number of rotatable bonds is 7. The van der Waals surface area contributed by atoms with Gasteiger partial charge in [0.25, 0.3) is 5.69 Å². The summed E-state index contributed by atoms with van der Waals surface area (Å²) in [5.74, 6) is 2.46. The predicted molar refractivity (Wildman–Crippen MR) is 75.7 cm³/mol. The van der Waals surface area contributed by atoms with Gasteiger partial charge in [-0.1, -0.05) is 12.1 Å². The highest BCUT2D eigenvalue weighted by Crippen LogP contribution is 2.26. The Morgan fingerprint density at radius 3 is 2.70 bits per heavy atom. The van der Waals surface area contributed by atoms with Crippen LogP contribution in [0.1, 0.15) is 24.8 Å². The number of sulfonamides is 1. The van der Waals surface area contributed by atoms with Crippen molar-refractivity contribution in [3.8, 4) is 12.3 Å². The minimum absolute atomic E-state index is 0.204. The highest BCUT2D eigenvalue weighted by atomic mass is 32.2. The van der Waals surface area contributed by atoms with E-state index < -0.39 is 20.6 Å². The SMILES string of the molecule is C#CCCCCNS(=O)(=O)c1c(C)cccc1[N+](=O)[O-]. The Labute approximate surface area is 118 Å². The third kappa shape index (κ3) is 4.05. The lowest BCUT2D eigenvalue weighted by Crippen LogP contribution is -2.26. The van der Waals surface area contributed by atoms with Gasteiger partial charge in [-0.15, -0.1) is 12.3 Å². The first-order chi connectivity index (χ1) is 9.40. The van der Waals surface area contributed by atoms with Crippen molar-refractivity contribution in [3.05, 3.63) is 33.9 Å². The van der Waals surface area contributed by atoms with Crippen molar-refractivity contribution < 1.29 is 13.3 Å². The maximum Gasteiger partial charge on any atom is 0.289 e. The van der Waals surface area contributed by atoms with Gasteiger partial charge in [-0.2, -0.15) is 0 Å². The predicted octanol–water partition coefficient (Wildman–Crippen LogP) is 1.99. The molecule has 0 aliphatic carbocycles. The van der Waals surface area contributed by atoms with Gasteiger partial charge in [0.1, 0.15) is 0 Å². The van der Waals surface area contributed by atoms with E-state index in [2.05, 4.69) is 10.6 Å². The average molecular weight is 296 g/mol. The van der Waals surface area contributed by atoms with E-state index in [4.69, 9.17) is 6.42 Å². The summed E-state index contributed by atoms with van der Waals surface area (Å²) in [6, 6.07) is 4.17. The molecule has 0 aliphatic heterocycles. The number of nitrogens with zero attached hydrogens (tertiary/aromatic N) is 1. The third-order valence-corrected chi connectivity index (χ3v) is 4.35. The Hall–Kier alpha value is -1.91. The van der Waals surface area contributed by atoms with Gasteiger partial charge in [0, 0.05) is 19.0 Å². The lowest BCUT2D eigenvalue weighted by molar-refractivity contribution is -0.387. The molecule has 1 aromatic rings. The van der Waals surface area contributed by atoms with Crippen LogP contribution in [0, 0.1) is 29.4 Å². The van der Waals surface area contributed by atoms with Crippen molar-refractivity contribution in [3.63, 3.8) is 0 Å². The largest absolute Gasteiger partial charge is 0.289 e. The molecule has 1 N–H and O–H groups in total. The first kappa shape index (κ1) is 16.1. The van der Waals surface area contributed by atoms with E-state index >= 15 is 0 Å². The number of nitrogens with one attached hydrogen (secondary N) is 1. The van der Waals surface area contributed by atoms with Crippen LogP contribution in [-0.2, 0) is 10.0 Å². The van der Waals surface area contributed by atoms with Crippen molar-refractivity contribution in [2.75, 3.05) is 6.54 Å². The Morgan fingerprint density at radius 2 is 2.10 bits per heavy atom. The van der Waals surface area contributed by atoms with Crippen molar-refractivity contribution in [1.29, 1.82) is 0 Å². The van der Waals surface area contributed by atoms with Crippen molar-refractivity contribution in [2.45, 2.75) is 31.1 Å². The monoisotopic (exact) mass is 296 g/mol. The van der Waals surface area contributed by atoms with E-state index in [1.165, 1.54) is 25.1 Å². The Morgan fingerprint density at radius 1 is 1.40 bits per heavy atom. The molecule has 1 rings (SSSR count). The fourth-order valence-electron chi connectivity index (χ4n) is 1.76. The zero-order valence-corrected chi connectivity index (χ0v) is 11.9. The summed E-state index contributed by atoms with van der Waals surface area (Å²) in [6.07, 6.45) is 6.96. The number of hydrogen-bond acceptors (Lipinski definition) is 4. The van der Waals surface area contributed by atoms with E-state index in [-0.39, 0.29) is 11.4 Å². The molecule has 0 amide bonds. The summed E-state index contributed by atoms with van der Waals surface area (Å²) in [7, 11) is -3.90. The van der Waals surface area contributed by atoms with Crippen LogP contribution in [0.15, 0.2) is 23.1 Å². The van der Waals surface area contributed by atoms with Crippen LogP contribution in [-0.4, -0.2) is 19.9 Å². The number of benzene rings is 1. The van der Waals surface area contributed by atoms with Crippen LogP contribution < -0.4 is 4.72 Å². The van der Waals surface area contributed by atoms with Gasteiger partial charge >= 0.3 is 0 Å². The molecule has 20 heavy (non-hydrogen) atoms. The fraction of sp³-hybridized carbons (Fsp3) is 0.385. The van der Waals surface area contributed by atoms with Crippen LogP contribution in [0.2, 0.25) is 0 Å². The summed E-state index contributed by atoms with van der Waals surface area (Å²) in [4.78, 5) is 9.96. The highest BCUT2D eigenvalue weighted by molar-refractivity contribution is 7.89. The smallest absolute Gasteiger partial charge is 0.258 e. The maximum absolute atomic E-state index is 12.2. The average Bonchev–Trinajstić information content (AvgIpc) is 2.37. The van der Waals surface area contributed by atoms with Gasteiger partial charge in [-0.3, -0.25) is 10.1 Å². The van der Waals surface area contributed by atoms with Crippen molar-refractivity contribution in [2.24, 2.45) is 0 Å². The molecule has 0 spiro atoms. The van der Waals surface area contributed by atoms with Crippen LogP contribution in [0.25, 0.3) is 0 Å². The summed E-state index contributed by atoms with van der Waals surface area (Å²) in [5, 5.41) is 10.9. The first-order valence-corrected chi connectivity index (χ1v) is 7.55. The third-order valence-electron chi connectivity index (χ3n) is 2.70. The maximum atomic E-state index is 12.2. The zero-order chi connectivity index (χ0) is 15.2. The lowest BCUT2D eigenvalue weighted by atomic mass is 10.2. The van der Waals surface area contributed by atoms with Gasteiger partial charge in [0.05, 0.1) is 4.92 Å². The Kier molecular flexibility index (Phi) is 5.67. The second kappa shape index (κ2) is 7.03. The van der Waals surface area contributed by atoms with Gasteiger partial charge in [-0.25, -0.2) is 13.1 Å². The quantitative estimate of drug-likeness (QED) is 0.360. The molecule has 7 heteroatoms. The molecule has 6 nitrogen and oxygen atoms in total. The molecular formula is C13H16N2O4S. The van der Waals surface area contributed by atoms with E-state index in [0.29, 0.717) is 24.8 Å². The molecule has 0 aliphatic rings. The first-order valence-electron chi connectivity index (χ1n) is 6.07. The number of terminal acetylenes is 1. The second-order valence-electron chi connectivity index (χ2n) is 4.24. The van der Waals surface area contributed by atoms with Gasteiger partial charge in [-0.05, 0) is 25.3 Å². The lowest BCUT2D eigenvalue weighted by Gasteiger charge is -2.09. The molecule has 0 heterocycles. The molecule has 108 valence electrons. The number of nitro groups is 1. The van der Waals surface area contributed by atoms with Gasteiger partial charge in [0.2, 0.25) is 10.0 Å². The highest BCUT2D eigenvalue weighted by Gasteiger charge is 2.27. The zero-order valence-electron chi connectivity index (χ0n) is 11.1. The number of unbranched alkanes of at least 4 members (excludes halogenated alkanes) is 2. The molecule has 0 radical (unpaired) electrons. The van der Waals surface area contributed by atoms with Crippen molar-refractivity contribution in [1.82, 2.24) is 4.72 Å². The van der Waals surface area contributed by atoms with Gasteiger partial charge in [0.15, 0.2) is 4.90 Å². The molecule has 0 aromatic heterocycles. The Bertz CT molecular complexity index is 632. The molecule has 0 unspecified atom stereocenters. The molecule has 0 saturated carbocycles. The Balaban J connectivity index is 2.93. The molecule has 0 bridgehead atoms. The second-order valence-corrected chi connectivity index (χ2v) is 5.94. The van der Waals surface area contributed by atoms with Gasteiger partial charge < -0.3 is 0 Å². The summed E-state index contributed by atoms with van der Waals surface area (Å²) >= 11 is 0. The molecule has 0 saturated heterocycles. The molecular weight excluding hydrogens is 280 g/mol. The normalized spacial score (nSPS) is 11.0. The van der Waals surface area contributed by atoms with Crippen LogP contribution in [0.4, 0.5) is 5.69 Å². The molecule has 0 fully saturated rings. The van der Waals surface area contributed by atoms with Crippen LogP contribution >= 0.6 is 0 Å². The number of nitro benzene ring substituents is 1. The summed E-state index contributed by atoms with van der Waals surface area (Å²) < 4.78 is 26.7. The minimum atomic E-state index is -3.90.